The molecule has 90 valence electrons. The molecule has 0 heterocycles. The van der Waals surface area contributed by atoms with Crippen LogP contribution < -0.4 is 5.73 Å². The minimum absolute atomic E-state index is 0.0558. The second-order valence-corrected chi connectivity index (χ2v) is 4.39. The van der Waals surface area contributed by atoms with Gasteiger partial charge in [-0.05, 0) is 43.9 Å². The lowest BCUT2D eigenvalue weighted by Crippen LogP contribution is -2.18. The maximum Gasteiger partial charge on any atom is 0.338 e. The number of hydrogen-bond donors (Lipinski definition) is 1. The molecule has 2 rings (SSSR count). The van der Waals surface area contributed by atoms with Gasteiger partial charge in [-0.15, -0.1) is 0 Å². The first-order valence-electron chi connectivity index (χ1n) is 5.69. The van der Waals surface area contributed by atoms with Gasteiger partial charge in [-0.1, -0.05) is 6.07 Å². The van der Waals surface area contributed by atoms with Crippen LogP contribution in [0.3, 0.4) is 0 Å². The molecule has 4 heteroatoms. The number of ether oxygens (including phenoxy) is 1. The first kappa shape index (κ1) is 11.6. The maximum absolute atomic E-state index is 11.8. The van der Waals surface area contributed by atoms with Crippen LogP contribution in [0.15, 0.2) is 24.3 Å². The van der Waals surface area contributed by atoms with Gasteiger partial charge in [0.05, 0.1) is 5.56 Å². The molecule has 1 aliphatic rings. The Morgan fingerprint density at radius 1 is 1.35 bits per heavy atom. The van der Waals surface area contributed by atoms with Crippen LogP contribution in [0.5, 0.6) is 0 Å². The van der Waals surface area contributed by atoms with Gasteiger partial charge in [-0.3, -0.25) is 4.79 Å². The van der Waals surface area contributed by atoms with E-state index >= 15 is 0 Å². The molecule has 0 unspecified atom stereocenters. The number of amides is 1. The van der Waals surface area contributed by atoms with Crippen LogP contribution in [0, 0.1) is 5.92 Å². The van der Waals surface area contributed by atoms with Gasteiger partial charge in [0.25, 0.3) is 0 Å². The van der Waals surface area contributed by atoms with E-state index in [9.17, 15) is 9.59 Å². The first-order valence-corrected chi connectivity index (χ1v) is 5.69. The lowest BCUT2D eigenvalue weighted by atomic mass is 10.1. The van der Waals surface area contributed by atoms with E-state index in [2.05, 4.69) is 0 Å². The van der Waals surface area contributed by atoms with Crippen molar-refractivity contribution < 1.29 is 14.3 Å². The van der Waals surface area contributed by atoms with Crippen molar-refractivity contribution >= 4 is 11.9 Å². The summed E-state index contributed by atoms with van der Waals surface area (Å²) in [5, 5.41) is 0. The zero-order valence-corrected chi connectivity index (χ0v) is 9.68. The summed E-state index contributed by atoms with van der Waals surface area (Å²) in [7, 11) is 0. The topological polar surface area (TPSA) is 69.4 Å². The van der Waals surface area contributed by atoms with E-state index in [4.69, 9.17) is 10.5 Å². The van der Waals surface area contributed by atoms with Crippen molar-refractivity contribution in [2.45, 2.75) is 25.9 Å². The van der Waals surface area contributed by atoms with E-state index in [1.165, 1.54) is 6.07 Å². The summed E-state index contributed by atoms with van der Waals surface area (Å²) in [4.78, 5) is 22.8. The molecule has 2 N–H and O–H groups in total. The van der Waals surface area contributed by atoms with Crippen LogP contribution in [-0.2, 0) is 4.74 Å². The first-order chi connectivity index (χ1) is 8.08. The Hall–Kier alpha value is -1.84. The van der Waals surface area contributed by atoms with Crippen LogP contribution in [-0.4, -0.2) is 18.0 Å². The van der Waals surface area contributed by atoms with E-state index in [-0.39, 0.29) is 6.10 Å². The Bertz CT molecular complexity index is 452. The van der Waals surface area contributed by atoms with E-state index in [0.717, 1.165) is 12.8 Å². The highest BCUT2D eigenvalue weighted by molar-refractivity contribution is 5.97. The van der Waals surface area contributed by atoms with Crippen LogP contribution in [0.2, 0.25) is 0 Å². The molecule has 1 saturated carbocycles. The third-order valence-electron chi connectivity index (χ3n) is 2.96. The predicted octanol–water partition coefficient (Wildman–Crippen LogP) is 1.74. The molecule has 1 atom stereocenters. The summed E-state index contributed by atoms with van der Waals surface area (Å²) in [5.74, 6) is -0.444. The predicted molar refractivity (Wildman–Crippen MR) is 62.6 cm³/mol. The van der Waals surface area contributed by atoms with E-state index in [0.29, 0.717) is 17.0 Å². The lowest BCUT2D eigenvalue weighted by Gasteiger charge is -2.12. The second kappa shape index (κ2) is 4.57. The van der Waals surface area contributed by atoms with Crippen molar-refractivity contribution in [3.05, 3.63) is 35.4 Å². The minimum Gasteiger partial charge on any atom is -0.459 e. The largest absolute Gasteiger partial charge is 0.459 e. The van der Waals surface area contributed by atoms with Crippen molar-refractivity contribution in [3.8, 4) is 0 Å². The fraction of sp³-hybridized carbons (Fsp3) is 0.385. The third-order valence-corrected chi connectivity index (χ3v) is 2.96. The van der Waals surface area contributed by atoms with Gasteiger partial charge >= 0.3 is 5.97 Å². The summed E-state index contributed by atoms with van der Waals surface area (Å²) >= 11 is 0. The number of hydrogen-bond acceptors (Lipinski definition) is 3. The molecule has 0 spiro atoms. The Labute approximate surface area is 99.8 Å². The number of benzene rings is 1. The van der Waals surface area contributed by atoms with Crippen molar-refractivity contribution in [3.63, 3.8) is 0 Å². The quantitative estimate of drug-likeness (QED) is 0.805. The highest BCUT2D eigenvalue weighted by Crippen LogP contribution is 2.34. The van der Waals surface area contributed by atoms with Gasteiger partial charge in [0.15, 0.2) is 0 Å². The molecule has 1 fully saturated rings. The standard InChI is InChI=1S/C13H15NO3/c1-8(9-5-6-9)17-13(16)11-4-2-3-10(7-11)12(14)15/h2-4,7-9H,5-6H2,1H3,(H2,14,15)/t8-/m1/s1. The molecule has 0 saturated heterocycles. The molecule has 1 aliphatic carbocycles. The van der Waals surface area contributed by atoms with Crippen molar-refractivity contribution in [2.24, 2.45) is 11.7 Å². The number of nitrogens with two attached hydrogens (primary N) is 1. The van der Waals surface area contributed by atoms with E-state index in [1.807, 2.05) is 6.92 Å². The average Bonchev–Trinajstić information content (AvgIpc) is 3.12. The van der Waals surface area contributed by atoms with E-state index < -0.39 is 11.9 Å². The molecular weight excluding hydrogens is 218 g/mol. The SMILES string of the molecule is C[C@@H](OC(=O)c1cccc(C(N)=O)c1)C1CC1. The summed E-state index contributed by atoms with van der Waals surface area (Å²) in [5.41, 5.74) is 5.84. The number of carbonyl (C=O) groups excluding carboxylic acids is 2. The van der Waals surface area contributed by atoms with Gasteiger partial charge in [0.2, 0.25) is 5.91 Å². The van der Waals surface area contributed by atoms with Gasteiger partial charge in [0, 0.05) is 5.56 Å². The van der Waals surface area contributed by atoms with Gasteiger partial charge in [-0.2, -0.15) is 0 Å². The Balaban J connectivity index is 2.07. The number of rotatable bonds is 4. The van der Waals surface area contributed by atoms with E-state index in [1.54, 1.807) is 18.2 Å². The Morgan fingerprint density at radius 3 is 2.59 bits per heavy atom. The molecule has 17 heavy (non-hydrogen) atoms. The molecule has 4 nitrogen and oxygen atoms in total. The highest BCUT2D eigenvalue weighted by Gasteiger charge is 2.30. The molecule has 0 radical (unpaired) electrons. The zero-order chi connectivity index (χ0) is 12.4. The van der Waals surface area contributed by atoms with Crippen molar-refractivity contribution in [1.29, 1.82) is 0 Å². The van der Waals surface area contributed by atoms with Crippen LogP contribution in [0.25, 0.3) is 0 Å². The smallest absolute Gasteiger partial charge is 0.338 e. The van der Waals surface area contributed by atoms with Crippen LogP contribution in [0.4, 0.5) is 0 Å². The van der Waals surface area contributed by atoms with Gasteiger partial charge in [-0.25, -0.2) is 4.79 Å². The highest BCUT2D eigenvalue weighted by atomic mass is 16.5. The fourth-order valence-corrected chi connectivity index (χ4v) is 1.70. The summed E-state index contributed by atoms with van der Waals surface area (Å²) in [6.07, 6.45) is 2.19. The van der Waals surface area contributed by atoms with Crippen LogP contribution >= 0.6 is 0 Å². The van der Waals surface area contributed by atoms with Crippen LogP contribution in [0.1, 0.15) is 40.5 Å². The molecular formula is C13H15NO3. The monoisotopic (exact) mass is 233 g/mol. The molecule has 1 amide bonds. The minimum atomic E-state index is -0.546. The molecule has 0 aromatic heterocycles. The molecule has 1 aromatic carbocycles. The number of primary amides is 1. The maximum atomic E-state index is 11.8. The average molecular weight is 233 g/mol. The number of carbonyl (C=O) groups is 2. The zero-order valence-electron chi connectivity index (χ0n) is 9.68. The summed E-state index contributed by atoms with van der Waals surface area (Å²) in [6.45, 7) is 1.90. The van der Waals surface area contributed by atoms with Gasteiger partial charge < -0.3 is 10.5 Å². The normalized spacial score (nSPS) is 16.3. The van der Waals surface area contributed by atoms with Crippen molar-refractivity contribution in [2.75, 3.05) is 0 Å². The Morgan fingerprint density at radius 2 is 2.00 bits per heavy atom. The summed E-state index contributed by atoms with van der Waals surface area (Å²) in [6, 6.07) is 6.28. The fourth-order valence-electron chi connectivity index (χ4n) is 1.70. The Kier molecular flexibility index (Phi) is 3.13. The summed E-state index contributed by atoms with van der Waals surface area (Å²) < 4.78 is 5.30. The lowest BCUT2D eigenvalue weighted by molar-refractivity contribution is 0.0294. The van der Waals surface area contributed by atoms with Gasteiger partial charge in [0.1, 0.15) is 6.10 Å². The van der Waals surface area contributed by atoms with Crippen molar-refractivity contribution in [1.82, 2.24) is 0 Å². The molecule has 0 bridgehead atoms. The third kappa shape index (κ3) is 2.84. The second-order valence-electron chi connectivity index (χ2n) is 4.39. The molecule has 0 aliphatic heterocycles. The molecule has 1 aromatic rings. The number of esters is 1.